The zero-order chi connectivity index (χ0) is 18.5. The molecule has 2 aromatic heterocycles. The van der Waals surface area contributed by atoms with Gasteiger partial charge in [0.1, 0.15) is 12.9 Å². The summed E-state index contributed by atoms with van der Waals surface area (Å²) in [5, 5.41) is 4.10. The van der Waals surface area contributed by atoms with Crippen LogP contribution in [-0.4, -0.2) is 27.5 Å². The van der Waals surface area contributed by atoms with Gasteiger partial charge in [0, 0.05) is 6.54 Å². The van der Waals surface area contributed by atoms with Crippen LogP contribution in [0.5, 0.6) is 0 Å². The maximum atomic E-state index is 12.7. The number of hydrogen-bond acceptors (Lipinski definition) is 6. The van der Waals surface area contributed by atoms with Gasteiger partial charge < -0.3 is 18.6 Å². The lowest BCUT2D eigenvalue weighted by atomic mass is 10.0. The second kappa shape index (κ2) is 8.18. The third kappa shape index (κ3) is 4.09. The Hall–Kier alpha value is -2.93. The maximum Gasteiger partial charge on any atom is 0.257 e. The number of ether oxygens (including phenoxy) is 1. The minimum atomic E-state index is -0.187. The zero-order valence-corrected chi connectivity index (χ0v) is 14.9. The molecule has 140 valence electrons. The molecular formula is C20H21N3O4. The molecule has 0 aliphatic carbocycles. The predicted molar refractivity (Wildman–Crippen MR) is 95.6 cm³/mol. The van der Waals surface area contributed by atoms with Crippen molar-refractivity contribution >= 4 is 5.91 Å². The standard InChI is InChI=1S/C20H21N3O4/c24-20(16-9-11-25-13-16)23-10-5-4-8-17(23)19-21-18(27-22-19)14-26-12-15-6-2-1-3-7-15/h1-3,6-7,9,11,13,17H,4-5,8,10,12,14H2. The van der Waals surface area contributed by atoms with E-state index in [4.69, 9.17) is 13.7 Å². The van der Waals surface area contributed by atoms with Gasteiger partial charge in [0.25, 0.3) is 11.8 Å². The Morgan fingerprint density at radius 1 is 1.19 bits per heavy atom. The highest BCUT2D eigenvalue weighted by atomic mass is 16.5. The number of carbonyl (C=O) groups is 1. The minimum absolute atomic E-state index is 0.0693. The van der Waals surface area contributed by atoms with E-state index in [2.05, 4.69) is 10.1 Å². The molecule has 0 bridgehead atoms. The molecule has 0 radical (unpaired) electrons. The van der Waals surface area contributed by atoms with Gasteiger partial charge in [0.05, 0.1) is 24.5 Å². The van der Waals surface area contributed by atoms with E-state index < -0.39 is 0 Å². The average molecular weight is 367 g/mol. The summed E-state index contributed by atoms with van der Waals surface area (Å²) in [4.78, 5) is 19.0. The molecule has 1 fully saturated rings. The van der Waals surface area contributed by atoms with Crippen LogP contribution < -0.4 is 0 Å². The number of aromatic nitrogens is 2. The van der Waals surface area contributed by atoms with Crippen LogP contribution in [0.25, 0.3) is 0 Å². The van der Waals surface area contributed by atoms with Crippen molar-refractivity contribution in [3.05, 3.63) is 71.8 Å². The summed E-state index contributed by atoms with van der Waals surface area (Å²) in [6.45, 7) is 1.39. The molecule has 1 atom stereocenters. The lowest BCUT2D eigenvalue weighted by Crippen LogP contribution is -2.38. The SMILES string of the molecule is O=C(c1ccoc1)N1CCCCC1c1noc(COCc2ccccc2)n1. The molecule has 27 heavy (non-hydrogen) atoms. The van der Waals surface area contributed by atoms with Gasteiger partial charge in [-0.25, -0.2) is 0 Å². The van der Waals surface area contributed by atoms with Crippen LogP contribution in [0.4, 0.5) is 0 Å². The van der Waals surface area contributed by atoms with Crippen LogP contribution in [0, 0.1) is 0 Å². The molecule has 0 spiro atoms. The predicted octanol–water partition coefficient (Wildman–Crippen LogP) is 3.75. The maximum absolute atomic E-state index is 12.7. The summed E-state index contributed by atoms with van der Waals surface area (Å²) in [6.07, 6.45) is 5.77. The third-order valence-electron chi connectivity index (χ3n) is 4.65. The molecular weight excluding hydrogens is 346 g/mol. The lowest BCUT2D eigenvalue weighted by molar-refractivity contribution is 0.0596. The van der Waals surface area contributed by atoms with Gasteiger partial charge in [-0.05, 0) is 30.9 Å². The Morgan fingerprint density at radius 3 is 2.89 bits per heavy atom. The van der Waals surface area contributed by atoms with Crippen molar-refractivity contribution in [3.63, 3.8) is 0 Å². The van der Waals surface area contributed by atoms with Crippen molar-refractivity contribution in [2.45, 2.75) is 38.5 Å². The monoisotopic (exact) mass is 367 g/mol. The van der Waals surface area contributed by atoms with Crippen molar-refractivity contribution < 1.29 is 18.5 Å². The molecule has 7 heteroatoms. The molecule has 1 unspecified atom stereocenters. The number of benzene rings is 1. The molecule has 1 amide bonds. The van der Waals surface area contributed by atoms with E-state index in [1.807, 2.05) is 30.3 Å². The van der Waals surface area contributed by atoms with Gasteiger partial charge in [-0.2, -0.15) is 4.98 Å². The van der Waals surface area contributed by atoms with E-state index in [1.165, 1.54) is 12.5 Å². The van der Waals surface area contributed by atoms with E-state index in [9.17, 15) is 4.79 Å². The Morgan fingerprint density at radius 2 is 2.07 bits per heavy atom. The largest absolute Gasteiger partial charge is 0.472 e. The summed E-state index contributed by atoms with van der Waals surface area (Å²) in [7, 11) is 0. The first kappa shape index (κ1) is 17.5. The van der Waals surface area contributed by atoms with Crippen molar-refractivity contribution in [1.29, 1.82) is 0 Å². The van der Waals surface area contributed by atoms with Crippen LogP contribution in [0.3, 0.4) is 0 Å². The van der Waals surface area contributed by atoms with Gasteiger partial charge >= 0.3 is 0 Å². The summed E-state index contributed by atoms with van der Waals surface area (Å²) in [5.74, 6) is 0.882. The average Bonchev–Trinajstić information content (AvgIpc) is 3.41. The molecule has 0 N–H and O–H groups in total. The Balaban J connectivity index is 1.40. The fourth-order valence-electron chi connectivity index (χ4n) is 3.29. The van der Waals surface area contributed by atoms with Crippen LogP contribution in [0.1, 0.15) is 52.9 Å². The van der Waals surface area contributed by atoms with Gasteiger partial charge in [0.15, 0.2) is 5.82 Å². The lowest BCUT2D eigenvalue weighted by Gasteiger charge is -2.33. The number of nitrogens with zero attached hydrogens (tertiary/aromatic N) is 3. The molecule has 1 aliphatic rings. The fraction of sp³-hybridized carbons (Fsp3) is 0.350. The van der Waals surface area contributed by atoms with Gasteiger partial charge in [-0.1, -0.05) is 35.5 Å². The minimum Gasteiger partial charge on any atom is -0.472 e. The van der Waals surface area contributed by atoms with Crippen molar-refractivity contribution in [1.82, 2.24) is 15.0 Å². The normalized spacial score (nSPS) is 17.2. The highest BCUT2D eigenvalue weighted by molar-refractivity contribution is 5.94. The van der Waals surface area contributed by atoms with Crippen LogP contribution in [0.2, 0.25) is 0 Å². The fourth-order valence-corrected chi connectivity index (χ4v) is 3.29. The zero-order valence-electron chi connectivity index (χ0n) is 14.9. The number of rotatable bonds is 6. The first-order chi connectivity index (χ1) is 13.3. The van der Waals surface area contributed by atoms with Gasteiger partial charge in [-0.3, -0.25) is 4.79 Å². The number of piperidine rings is 1. The van der Waals surface area contributed by atoms with E-state index in [-0.39, 0.29) is 18.6 Å². The molecule has 3 aromatic rings. The second-order valence-electron chi connectivity index (χ2n) is 6.55. The number of likely N-dealkylation sites (tertiary alicyclic amines) is 1. The molecule has 1 aromatic carbocycles. The summed E-state index contributed by atoms with van der Waals surface area (Å²) in [5.41, 5.74) is 1.62. The van der Waals surface area contributed by atoms with Gasteiger partial charge in [0.2, 0.25) is 0 Å². The smallest absolute Gasteiger partial charge is 0.257 e. The highest BCUT2D eigenvalue weighted by Crippen LogP contribution is 2.30. The molecule has 7 nitrogen and oxygen atoms in total. The van der Waals surface area contributed by atoms with Crippen LogP contribution >= 0.6 is 0 Å². The van der Waals surface area contributed by atoms with Crippen molar-refractivity contribution in [3.8, 4) is 0 Å². The van der Waals surface area contributed by atoms with Crippen molar-refractivity contribution in [2.24, 2.45) is 0 Å². The summed E-state index contributed by atoms with van der Waals surface area (Å²) >= 11 is 0. The van der Waals surface area contributed by atoms with E-state index in [1.54, 1.807) is 11.0 Å². The van der Waals surface area contributed by atoms with Crippen molar-refractivity contribution in [2.75, 3.05) is 6.54 Å². The molecule has 3 heterocycles. The number of amides is 1. The first-order valence-corrected chi connectivity index (χ1v) is 9.08. The summed E-state index contributed by atoms with van der Waals surface area (Å²) < 4.78 is 16.0. The Labute approximate surface area is 156 Å². The van der Waals surface area contributed by atoms with E-state index in [0.717, 1.165) is 24.8 Å². The molecule has 1 aliphatic heterocycles. The van der Waals surface area contributed by atoms with E-state index >= 15 is 0 Å². The third-order valence-corrected chi connectivity index (χ3v) is 4.65. The molecule has 4 rings (SSSR count). The highest BCUT2D eigenvalue weighted by Gasteiger charge is 2.32. The molecule has 1 saturated heterocycles. The van der Waals surface area contributed by atoms with Crippen LogP contribution in [-0.2, 0) is 18.0 Å². The first-order valence-electron chi connectivity index (χ1n) is 9.08. The van der Waals surface area contributed by atoms with E-state index in [0.29, 0.717) is 30.4 Å². The molecule has 0 saturated carbocycles. The van der Waals surface area contributed by atoms with Crippen LogP contribution in [0.15, 0.2) is 57.9 Å². The topological polar surface area (TPSA) is 81.6 Å². The number of hydrogen-bond donors (Lipinski definition) is 0. The Bertz CT molecular complexity index is 861. The summed E-state index contributed by atoms with van der Waals surface area (Å²) in [6, 6.07) is 11.4. The quantitative estimate of drug-likeness (QED) is 0.660. The van der Waals surface area contributed by atoms with Gasteiger partial charge in [-0.15, -0.1) is 0 Å². The second-order valence-corrected chi connectivity index (χ2v) is 6.55. The number of carbonyl (C=O) groups excluding carboxylic acids is 1. The Kier molecular flexibility index (Phi) is 5.29. The number of furan rings is 1.